The summed E-state index contributed by atoms with van der Waals surface area (Å²) < 4.78 is 0. The van der Waals surface area contributed by atoms with Gasteiger partial charge in [0.05, 0.1) is 6.04 Å². The van der Waals surface area contributed by atoms with Gasteiger partial charge in [-0.3, -0.25) is 9.59 Å². The molecule has 0 fully saturated rings. The Morgan fingerprint density at radius 2 is 1.81 bits per heavy atom. The minimum atomic E-state index is -0.256. The minimum absolute atomic E-state index is 0.0454. The zero-order valence-corrected chi connectivity index (χ0v) is 14.8. The highest BCUT2D eigenvalue weighted by atomic mass is 16.2. The van der Waals surface area contributed by atoms with Crippen LogP contribution in [0.2, 0.25) is 0 Å². The number of nitrogens with zero attached hydrogens (tertiary/aromatic N) is 1. The van der Waals surface area contributed by atoms with Crippen molar-refractivity contribution in [2.75, 3.05) is 12.4 Å². The Balaban J connectivity index is 1.61. The number of aromatic nitrogens is 1. The number of likely N-dealkylation sites (N-methyl/N-ethyl adjacent to an activating group) is 1. The normalized spacial score (nSPS) is 16.8. The predicted octanol–water partition coefficient (Wildman–Crippen LogP) is 3.08. The van der Waals surface area contributed by atoms with E-state index < -0.39 is 0 Å². The van der Waals surface area contributed by atoms with E-state index in [4.69, 9.17) is 0 Å². The van der Waals surface area contributed by atoms with E-state index in [0.717, 1.165) is 16.6 Å². The van der Waals surface area contributed by atoms with Crippen molar-refractivity contribution < 1.29 is 4.79 Å². The van der Waals surface area contributed by atoms with Gasteiger partial charge in [-0.05, 0) is 35.6 Å². The second-order valence-electron chi connectivity index (χ2n) is 6.80. The van der Waals surface area contributed by atoms with Crippen LogP contribution in [0.1, 0.15) is 24.1 Å². The Labute approximate surface area is 151 Å². The van der Waals surface area contributed by atoms with Gasteiger partial charge in [0.2, 0.25) is 5.91 Å². The zero-order chi connectivity index (χ0) is 18.3. The van der Waals surface area contributed by atoms with Gasteiger partial charge in [-0.2, -0.15) is 0 Å². The first-order chi connectivity index (χ1) is 12.6. The topological polar surface area (TPSA) is 65.2 Å². The predicted molar refractivity (Wildman–Crippen MR) is 103 cm³/mol. The number of H-pyrrole nitrogens is 1. The van der Waals surface area contributed by atoms with Crippen molar-refractivity contribution in [2.24, 2.45) is 0 Å². The highest BCUT2D eigenvalue weighted by Gasteiger charge is 2.31. The van der Waals surface area contributed by atoms with E-state index in [1.54, 1.807) is 17.2 Å². The molecular formula is C21H21N3O2. The van der Waals surface area contributed by atoms with Gasteiger partial charge in [0.1, 0.15) is 6.04 Å². The fourth-order valence-electron chi connectivity index (χ4n) is 3.67. The molecule has 0 saturated heterocycles. The fraction of sp³-hybridized carbons (Fsp3) is 0.238. The van der Waals surface area contributed by atoms with Crippen LogP contribution >= 0.6 is 0 Å². The minimum Gasteiger partial charge on any atom is -0.373 e. The van der Waals surface area contributed by atoms with Crippen LogP contribution in [-0.2, 0) is 11.2 Å². The molecule has 1 unspecified atom stereocenters. The van der Waals surface area contributed by atoms with Crippen molar-refractivity contribution in [1.82, 2.24) is 9.88 Å². The second-order valence-corrected chi connectivity index (χ2v) is 6.80. The van der Waals surface area contributed by atoms with E-state index in [9.17, 15) is 9.59 Å². The number of carbonyl (C=O) groups is 1. The molecular weight excluding hydrogens is 326 g/mol. The van der Waals surface area contributed by atoms with Gasteiger partial charge in [0.15, 0.2) is 0 Å². The summed E-state index contributed by atoms with van der Waals surface area (Å²) >= 11 is 0. The molecule has 26 heavy (non-hydrogen) atoms. The number of hydrogen-bond donors (Lipinski definition) is 2. The molecule has 2 heterocycles. The van der Waals surface area contributed by atoms with E-state index >= 15 is 0 Å². The van der Waals surface area contributed by atoms with Crippen LogP contribution in [0.15, 0.2) is 59.5 Å². The van der Waals surface area contributed by atoms with Crippen molar-refractivity contribution >= 4 is 22.4 Å². The number of benzene rings is 2. The smallest absolute Gasteiger partial charge is 0.255 e. The van der Waals surface area contributed by atoms with Gasteiger partial charge in [0.25, 0.3) is 5.56 Å². The summed E-state index contributed by atoms with van der Waals surface area (Å²) in [6, 6.07) is 15.1. The molecule has 0 radical (unpaired) electrons. The largest absolute Gasteiger partial charge is 0.373 e. The number of nitrogens with one attached hydrogen (secondary N) is 2. The summed E-state index contributed by atoms with van der Waals surface area (Å²) in [5.74, 6) is 0.0454. The van der Waals surface area contributed by atoms with Crippen molar-refractivity contribution in [3.05, 3.63) is 76.2 Å². The lowest BCUT2D eigenvalue weighted by Crippen LogP contribution is -2.41. The lowest BCUT2D eigenvalue weighted by Gasteiger charge is -2.28. The van der Waals surface area contributed by atoms with Gasteiger partial charge in [0, 0.05) is 30.7 Å². The zero-order valence-electron chi connectivity index (χ0n) is 14.8. The molecule has 1 aliphatic heterocycles. The molecule has 1 aromatic heterocycles. The summed E-state index contributed by atoms with van der Waals surface area (Å²) in [5, 5.41) is 4.84. The van der Waals surface area contributed by atoms with Crippen LogP contribution in [-0.4, -0.2) is 28.9 Å². The third-order valence-electron chi connectivity index (χ3n) is 5.29. The molecule has 132 valence electrons. The first-order valence-corrected chi connectivity index (χ1v) is 8.77. The van der Waals surface area contributed by atoms with E-state index in [1.807, 2.05) is 50.4 Å². The molecule has 2 N–H and O–H groups in total. The molecule has 0 bridgehead atoms. The highest BCUT2D eigenvalue weighted by molar-refractivity contribution is 5.89. The van der Waals surface area contributed by atoms with Crippen molar-refractivity contribution in [1.29, 1.82) is 0 Å². The number of anilines is 1. The van der Waals surface area contributed by atoms with Crippen molar-refractivity contribution in [2.45, 2.75) is 25.4 Å². The number of pyridine rings is 1. The fourth-order valence-corrected chi connectivity index (χ4v) is 3.67. The summed E-state index contributed by atoms with van der Waals surface area (Å²) in [6.45, 7) is 1.99. The molecule has 5 heteroatoms. The van der Waals surface area contributed by atoms with Crippen LogP contribution < -0.4 is 10.9 Å². The number of carbonyl (C=O) groups excluding carboxylic acids is 1. The number of aromatic amines is 1. The first-order valence-electron chi connectivity index (χ1n) is 8.77. The van der Waals surface area contributed by atoms with Gasteiger partial charge in [-0.1, -0.05) is 36.4 Å². The molecule has 0 aliphatic carbocycles. The molecule has 0 spiro atoms. The number of fused-ring (bicyclic) bond motifs is 2. The Hall–Kier alpha value is -3.08. The van der Waals surface area contributed by atoms with Crippen LogP contribution in [0.5, 0.6) is 0 Å². The second kappa shape index (κ2) is 6.33. The Morgan fingerprint density at radius 3 is 2.58 bits per heavy atom. The van der Waals surface area contributed by atoms with Gasteiger partial charge in [-0.15, -0.1) is 0 Å². The average molecular weight is 347 g/mol. The maximum atomic E-state index is 13.0. The molecule has 1 aliphatic rings. The Kier molecular flexibility index (Phi) is 3.99. The third-order valence-corrected chi connectivity index (χ3v) is 5.29. The first kappa shape index (κ1) is 16.4. The van der Waals surface area contributed by atoms with Gasteiger partial charge >= 0.3 is 0 Å². The Morgan fingerprint density at radius 1 is 1.12 bits per heavy atom. The van der Waals surface area contributed by atoms with E-state index in [1.165, 1.54) is 5.56 Å². The standard InChI is InChI=1S/C21H21N3O2/c1-13(17-12-22-20(25)16-9-5-4-8-15(16)17)24(2)21(26)19-11-14-7-3-6-10-18(14)23-19/h3-10,12-13,19,23H,11H2,1-2H3,(H,22,25)/t13-,19?/m1/s1. The van der Waals surface area contributed by atoms with Crippen LogP contribution in [0.4, 0.5) is 5.69 Å². The van der Waals surface area contributed by atoms with Crippen molar-refractivity contribution in [3.63, 3.8) is 0 Å². The molecule has 2 aromatic carbocycles. The monoisotopic (exact) mass is 347 g/mol. The quantitative estimate of drug-likeness (QED) is 0.765. The third kappa shape index (κ3) is 2.65. The van der Waals surface area contributed by atoms with Gasteiger partial charge in [-0.25, -0.2) is 0 Å². The summed E-state index contributed by atoms with van der Waals surface area (Å²) in [6.07, 6.45) is 2.41. The van der Waals surface area contributed by atoms with Gasteiger partial charge < -0.3 is 15.2 Å². The molecule has 1 amide bonds. The maximum absolute atomic E-state index is 13.0. The average Bonchev–Trinajstić information content (AvgIpc) is 3.11. The number of para-hydroxylation sites is 1. The van der Waals surface area contributed by atoms with E-state index in [-0.39, 0.29) is 23.6 Å². The SMILES string of the molecule is C[C@H](c1c[nH]c(=O)c2ccccc12)N(C)C(=O)C1Cc2ccccc2N1. The van der Waals surface area contributed by atoms with Crippen LogP contribution in [0, 0.1) is 0 Å². The highest BCUT2D eigenvalue weighted by Crippen LogP contribution is 2.29. The number of amides is 1. The lowest BCUT2D eigenvalue weighted by molar-refractivity contribution is -0.132. The number of hydrogen-bond acceptors (Lipinski definition) is 3. The van der Waals surface area contributed by atoms with Crippen LogP contribution in [0.3, 0.4) is 0 Å². The molecule has 5 nitrogen and oxygen atoms in total. The van der Waals surface area contributed by atoms with Crippen LogP contribution in [0.25, 0.3) is 10.8 Å². The number of rotatable bonds is 3. The lowest BCUT2D eigenvalue weighted by atomic mass is 10.0. The summed E-state index contributed by atoms with van der Waals surface area (Å²) in [5.41, 5.74) is 3.02. The maximum Gasteiger partial charge on any atom is 0.255 e. The molecule has 3 aromatic rings. The van der Waals surface area contributed by atoms with E-state index in [0.29, 0.717) is 11.8 Å². The van der Waals surface area contributed by atoms with E-state index in [2.05, 4.69) is 16.4 Å². The molecule has 0 saturated carbocycles. The summed E-state index contributed by atoms with van der Waals surface area (Å²) in [7, 11) is 1.82. The Bertz CT molecular complexity index is 1020. The summed E-state index contributed by atoms with van der Waals surface area (Å²) in [4.78, 5) is 29.6. The molecule has 4 rings (SSSR count). The molecule has 2 atom stereocenters. The van der Waals surface area contributed by atoms with Crippen molar-refractivity contribution in [3.8, 4) is 0 Å².